The van der Waals surface area contributed by atoms with Gasteiger partial charge in [-0.2, -0.15) is 0 Å². The van der Waals surface area contributed by atoms with E-state index in [0.717, 1.165) is 11.1 Å². The average molecular weight is 365 g/mol. The molecule has 7 heteroatoms. The van der Waals surface area contributed by atoms with E-state index in [-0.39, 0.29) is 41.6 Å². The summed E-state index contributed by atoms with van der Waals surface area (Å²) < 4.78 is 5.35. The molecule has 0 radical (unpaired) electrons. The molecular weight excluding hydrogens is 340 g/mol. The molecule has 0 fully saturated rings. The summed E-state index contributed by atoms with van der Waals surface area (Å²) >= 11 is 0. The Morgan fingerprint density at radius 1 is 1.46 bits per heavy atom. The standard InChI is InChI=1S/C17H25N2O3.ClH.Mg/c1-13(20)12-15(6-5-9-18)14-7-10-19(11-8-14)16(21)22-17(2,3)4;;/h5-7,9,12-13,18H,8,10-11H2,1-4H3;1H;/q-1;;+2/p-1/b6-5-,15-12-,18-9?;;. The van der Waals surface area contributed by atoms with E-state index in [1.54, 1.807) is 30.1 Å². The minimum absolute atomic E-state index is 0. The molecule has 1 rings (SSSR count). The molecule has 1 amide bonds. The number of allylic oxidation sites excluding steroid dienone is 3. The monoisotopic (exact) mass is 364 g/mol. The summed E-state index contributed by atoms with van der Waals surface area (Å²) in [4.78, 5) is 13.7. The van der Waals surface area contributed by atoms with E-state index in [0.29, 0.717) is 19.5 Å². The number of nitrogens with one attached hydrogen (secondary N) is 1. The molecule has 0 aromatic heterocycles. The zero-order chi connectivity index (χ0) is 16.8. The number of halogens is 1. The van der Waals surface area contributed by atoms with Crippen molar-refractivity contribution in [3.8, 4) is 0 Å². The molecule has 1 atom stereocenters. The quantitative estimate of drug-likeness (QED) is 0.397. The van der Waals surface area contributed by atoms with Crippen LogP contribution in [0.15, 0.2) is 35.5 Å². The Morgan fingerprint density at radius 2 is 2.08 bits per heavy atom. The van der Waals surface area contributed by atoms with E-state index in [2.05, 4.69) is 0 Å². The normalized spacial score (nSPS) is 16.6. The molecule has 0 aliphatic carbocycles. The van der Waals surface area contributed by atoms with Gasteiger partial charge in [0.15, 0.2) is 0 Å². The van der Waals surface area contributed by atoms with Crippen LogP contribution in [0.25, 0.3) is 0 Å². The number of carbonyl (C=O) groups excluding carboxylic acids is 1. The van der Waals surface area contributed by atoms with Crippen LogP contribution in [0, 0.1) is 5.41 Å². The third kappa shape index (κ3) is 9.47. The molecule has 24 heavy (non-hydrogen) atoms. The Hall–Kier alpha value is -0.824. The van der Waals surface area contributed by atoms with E-state index in [1.807, 2.05) is 26.8 Å². The van der Waals surface area contributed by atoms with Crippen molar-refractivity contribution >= 4 is 35.4 Å². The first-order valence-electron chi connectivity index (χ1n) is 7.45. The molecule has 0 aromatic carbocycles. The number of hydrogen-bond acceptors (Lipinski definition) is 4. The Morgan fingerprint density at radius 3 is 2.50 bits per heavy atom. The van der Waals surface area contributed by atoms with E-state index in [9.17, 15) is 9.90 Å². The number of rotatable bonds is 4. The van der Waals surface area contributed by atoms with E-state index >= 15 is 0 Å². The Kier molecular flexibility index (Phi) is 12.4. The summed E-state index contributed by atoms with van der Waals surface area (Å²) in [5.74, 6) is 0. The summed E-state index contributed by atoms with van der Waals surface area (Å²) in [7, 11) is 0. The maximum Gasteiger partial charge on any atom is 2.00 e. The van der Waals surface area contributed by atoms with Crippen LogP contribution in [0.2, 0.25) is 0 Å². The molecule has 1 N–H and O–H groups in total. The molecule has 0 saturated carbocycles. The Balaban J connectivity index is 0. The van der Waals surface area contributed by atoms with Crippen molar-refractivity contribution in [2.24, 2.45) is 0 Å². The SMILES string of the molecule is CC([O-])/C=C(/C=C\C=N)C1=CCN(C(=O)OC(C)(C)C)CC1.[Cl-].[Mg+2]. The summed E-state index contributed by atoms with van der Waals surface area (Å²) in [5.41, 5.74) is 1.35. The molecule has 1 unspecified atom stereocenters. The van der Waals surface area contributed by atoms with Crippen LogP contribution in [0.5, 0.6) is 0 Å². The van der Waals surface area contributed by atoms with Gasteiger partial charge in [-0.1, -0.05) is 25.2 Å². The zero-order valence-electron chi connectivity index (χ0n) is 14.8. The zero-order valence-corrected chi connectivity index (χ0v) is 17.0. The maximum absolute atomic E-state index is 12.0. The molecule has 0 aromatic rings. The molecular formula is C17H25ClMgN2O3. The molecule has 0 bridgehead atoms. The van der Waals surface area contributed by atoms with Gasteiger partial charge in [0.2, 0.25) is 0 Å². The number of hydrogen-bond donors (Lipinski definition) is 1. The van der Waals surface area contributed by atoms with Gasteiger partial charge in [-0.15, -0.1) is 6.10 Å². The fourth-order valence-corrected chi connectivity index (χ4v) is 2.10. The van der Waals surface area contributed by atoms with Crippen LogP contribution in [-0.2, 0) is 4.74 Å². The van der Waals surface area contributed by atoms with Crippen LogP contribution in [0.3, 0.4) is 0 Å². The summed E-state index contributed by atoms with van der Waals surface area (Å²) in [6, 6.07) is 0. The van der Waals surface area contributed by atoms with Crippen molar-refractivity contribution in [1.82, 2.24) is 4.90 Å². The first-order valence-corrected chi connectivity index (χ1v) is 7.45. The Bertz CT molecular complexity index is 508. The number of ether oxygens (including phenoxy) is 1. The van der Waals surface area contributed by atoms with Gasteiger partial charge in [-0.05, 0) is 44.4 Å². The number of amides is 1. The second-order valence-electron chi connectivity index (χ2n) is 6.26. The minimum Gasteiger partial charge on any atom is -1.00 e. The van der Waals surface area contributed by atoms with E-state index < -0.39 is 11.7 Å². The third-order valence-corrected chi connectivity index (χ3v) is 3.02. The van der Waals surface area contributed by atoms with Crippen molar-refractivity contribution in [1.29, 1.82) is 5.41 Å². The van der Waals surface area contributed by atoms with Gasteiger partial charge in [0.25, 0.3) is 0 Å². The molecule has 1 heterocycles. The van der Waals surface area contributed by atoms with Crippen molar-refractivity contribution in [3.05, 3.63) is 35.5 Å². The smallest absolute Gasteiger partial charge is 1.00 e. The van der Waals surface area contributed by atoms with Crippen LogP contribution in [0.4, 0.5) is 4.79 Å². The topological polar surface area (TPSA) is 76.5 Å². The van der Waals surface area contributed by atoms with Crippen molar-refractivity contribution < 1.29 is 27.0 Å². The second-order valence-corrected chi connectivity index (χ2v) is 6.26. The van der Waals surface area contributed by atoms with E-state index in [1.165, 1.54) is 6.21 Å². The predicted molar refractivity (Wildman–Crippen MR) is 91.7 cm³/mol. The molecule has 1 aliphatic heterocycles. The second kappa shape index (κ2) is 11.7. The van der Waals surface area contributed by atoms with Gasteiger partial charge >= 0.3 is 29.1 Å². The number of carbonyl (C=O) groups is 1. The first kappa shape index (κ1) is 25.4. The fraction of sp³-hybridized carbons (Fsp3) is 0.529. The maximum atomic E-state index is 12.0. The fourth-order valence-electron chi connectivity index (χ4n) is 2.10. The third-order valence-electron chi connectivity index (χ3n) is 3.02. The molecule has 130 valence electrons. The summed E-state index contributed by atoms with van der Waals surface area (Å²) in [5, 5.41) is 18.5. The van der Waals surface area contributed by atoms with E-state index in [4.69, 9.17) is 10.1 Å². The van der Waals surface area contributed by atoms with Gasteiger partial charge < -0.3 is 32.6 Å². The molecule has 5 nitrogen and oxygen atoms in total. The van der Waals surface area contributed by atoms with Gasteiger partial charge in [0, 0.05) is 19.3 Å². The average Bonchev–Trinajstić information content (AvgIpc) is 2.41. The van der Waals surface area contributed by atoms with Gasteiger partial charge in [-0.25, -0.2) is 4.79 Å². The van der Waals surface area contributed by atoms with Gasteiger partial charge in [0.1, 0.15) is 5.60 Å². The van der Waals surface area contributed by atoms with Crippen LogP contribution in [0.1, 0.15) is 34.1 Å². The van der Waals surface area contributed by atoms with Gasteiger partial charge in [0.05, 0.1) is 0 Å². The predicted octanol–water partition coefficient (Wildman–Crippen LogP) is -0.942. The number of nitrogens with zero attached hydrogens (tertiary/aromatic N) is 1. The molecule has 1 aliphatic rings. The van der Waals surface area contributed by atoms with Gasteiger partial charge in [-0.3, -0.25) is 0 Å². The first-order chi connectivity index (χ1) is 10.2. The molecule has 0 saturated heterocycles. The summed E-state index contributed by atoms with van der Waals surface area (Å²) in [6.45, 7) is 8.13. The largest absolute Gasteiger partial charge is 2.00 e. The Labute approximate surface area is 166 Å². The van der Waals surface area contributed by atoms with Crippen LogP contribution < -0.4 is 17.5 Å². The van der Waals surface area contributed by atoms with Crippen molar-refractivity contribution in [2.75, 3.05) is 13.1 Å². The van der Waals surface area contributed by atoms with Crippen molar-refractivity contribution in [2.45, 2.75) is 45.8 Å². The molecule has 0 spiro atoms. The van der Waals surface area contributed by atoms with Crippen molar-refractivity contribution in [3.63, 3.8) is 0 Å². The van der Waals surface area contributed by atoms with Crippen LogP contribution in [-0.4, -0.2) is 65.1 Å². The summed E-state index contributed by atoms with van der Waals surface area (Å²) in [6.07, 6.45) is 7.65. The minimum atomic E-state index is -0.810. The van der Waals surface area contributed by atoms with Crippen LogP contribution >= 0.6 is 0 Å².